The minimum absolute atomic E-state index is 0.241. The lowest BCUT2D eigenvalue weighted by atomic mass is 9.81. The molecule has 2 aliphatic rings. The molecule has 0 spiro atoms. The Hall–Kier alpha value is -3.06. The van der Waals surface area contributed by atoms with Crippen molar-refractivity contribution in [2.24, 2.45) is 11.8 Å². The maximum atomic E-state index is 13.0. The van der Waals surface area contributed by atoms with Crippen molar-refractivity contribution >= 4 is 17.5 Å². The van der Waals surface area contributed by atoms with E-state index in [0.29, 0.717) is 12.2 Å². The Labute approximate surface area is 155 Å². The average molecular weight is 367 g/mol. The highest BCUT2D eigenvalue weighted by Gasteiger charge is 2.52. The summed E-state index contributed by atoms with van der Waals surface area (Å²) in [5.74, 6) is -2.20. The minimum atomic E-state index is -0.640. The number of ether oxygens (including phenoxy) is 1. The predicted octanol–water partition coefficient (Wildman–Crippen LogP) is 2.05. The Balaban J connectivity index is 1.45. The topological polar surface area (TPSA) is 80.3 Å². The fraction of sp³-hybridized carbons (Fsp3) is 0.250. The molecular formula is C20H18FN3O3. The summed E-state index contributed by atoms with van der Waals surface area (Å²) >= 11 is 0. The van der Waals surface area contributed by atoms with E-state index in [0.717, 1.165) is 5.56 Å². The van der Waals surface area contributed by atoms with Crippen LogP contribution in [-0.2, 0) is 20.9 Å². The summed E-state index contributed by atoms with van der Waals surface area (Å²) in [6, 6.07) is 9.16. The number of aromatic nitrogens is 1. The van der Waals surface area contributed by atoms with Crippen molar-refractivity contribution in [3.63, 3.8) is 0 Å². The van der Waals surface area contributed by atoms with E-state index in [9.17, 15) is 14.0 Å². The van der Waals surface area contributed by atoms with Crippen molar-refractivity contribution in [1.82, 2.24) is 10.3 Å². The van der Waals surface area contributed by atoms with E-state index in [4.69, 9.17) is 4.74 Å². The number of anilines is 1. The third kappa shape index (κ3) is 3.59. The summed E-state index contributed by atoms with van der Waals surface area (Å²) < 4.78 is 18.8. The number of carbonyl (C=O) groups excluding carboxylic acids is 2. The van der Waals surface area contributed by atoms with E-state index in [2.05, 4.69) is 15.6 Å². The second-order valence-electron chi connectivity index (χ2n) is 6.58. The quantitative estimate of drug-likeness (QED) is 0.793. The highest BCUT2D eigenvalue weighted by Crippen LogP contribution is 2.40. The number of rotatable bonds is 5. The molecule has 2 amide bonds. The van der Waals surface area contributed by atoms with Crippen LogP contribution in [0.1, 0.15) is 5.56 Å². The van der Waals surface area contributed by atoms with Gasteiger partial charge in [0.1, 0.15) is 5.82 Å². The lowest BCUT2D eigenvalue weighted by Gasteiger charge is -2.23. The summed E-state index contributed by atoms with van der Waals surface area (Å²) in [5.41, 5.74) is 1.35. The van der Waals surface area contributed by atoms with Gasteiger partial charge in [0.05, 0.1) is 24.0 Å². The van der Waals surface area contributed by atoms with E-state index in [1.807, 2.05) is 18.2 Å². The van der Waals surface area contributed by atoms with Crippen LogP contribution in [0.25, 0.3) is 0 Å². The van der Waals surface area contributed by atoms with Gasteiger partial charge >= 0.3 is 0 Å². The molecule has 0 aliphatic carbocycles. The number of pyridine rings is 1. The summed E-state index contributed by atoms with van der Waals surface area (Å²) in [6.45, 7) is 0.330. The van der Waals surface area contributed by atoms with E-state index in [-0.39, 0.29) is 17.6 Å². The molecule has 3 heterocycles. The van der Waals surface area contributed by atoms with Gasteiger partial charge in [0, 0.05) is 24.6 Å². The van der Waals surface area contributed by atoms with Gasteiger partial charge in [0.25, 0.3) is 0 Å². The first-order valence-corrected chi connectivity index (χ1v) is 8.68. The summed E-state index contributed by atoms with van der Waals surface area (Å²) in [5, 5.41) is 5.60. The van der Waals surface area contributed by atoms with Crippen molar-refractivity contribution in [2.45, 2.75) is 18.8 Å². The van der Waals surface area contributed by atoms with Crippen LogP contribution in [0.4, 0.5) is 10.1 Å². The molecule has 4 atom stereocenters. The summed E-state index contributed by atoms with van der Waals surface area (Å²) in [6.07, 6.45) is 6.11. The van der Waals surface area contributed by atoms with Crippen molar-refractivity contribution < 1.29 is 18.7 Å². The van der Waals surface area contributed by atoms with Crippen molar-refractivity contribution in [3.05, 3.63) is 72.3 Å². The Morgan fingerprint density at radius 2 is 1.74 bits per heavy atom. The zero-order valence-corrected chi connectivity index (χ0v) is 14.3. The van der Waals surface area contributed by atoms with Gasteiger partial charge in [-0.15, -0.1) is 0 Å². The average Bonchev–Trinajstić information content (AvgIpc) is 3.30. The SMILES string of the molecule is O=C(NCc1cccnc1)C1C2C=CC(O2)C1C(=O)Nc1ccc(F)cc1. The molecule has 2 N–H and O–H groups in total. The first-order chi connectivity index (χ1) is 13.1. The first-order valence-electron chi connectivity index (χ1n) is 8.68. The molecule has 1 aromatic carbocycles. The molecule has 27 heavy (non-hydrogen) atoms. The van der Waals surface area contributed by atoms with Gasteiger partial charge in [0.15, 0.2) is 0 Å². The second-order valence-corrected chi connectivity index (χ2v) is 6.58. The van der Waals surface area contributed by atoms with Crippen molar-refractivity contribution in [1.29, 1.82) is 0 Å². The lowest BCUT2D eigenvalue weighted by molar-refractivity contribution is -0.131. The van der Waals surface area contributed by atoms with Crippen LogP contribution in [0.3, 0.4) is 0 Å². The Kier molecular flexibility index (Phi) is 4.68. The van der Waals surface area contributed by atoms with Crippen LogP contribution in [-0.4, -0.2) is 29.0 Å². The largest absolute Gasteiger partial charge is 0.365 e. The molecule has 6 nitrogen and oxygen atoms in total. The molecule has 2 aromatic rings. The fourth-order valence-corrected chi connectivity index (χ4v) is 3.50. The molecule has 1 aromatic heterocycles. The molecule has 138 valence electrons. The van der Waals surface area contributed by atoms with E-state index in [1.165, 1.54) is 24.3 Å². The van der Waals surface area contributed by atoms with Crippen LogP contribution in [0.15, 0.2) is 60.9 Å². The van der Waals surface area contributed by atoms with Crippen LogP contribution >= 0.6 is 0 Å². The number of carbonyl (C=O) groups is 2. The van der Waals surface area contributed by atoms with Crippen molar-refractivity contribution in [3.8, 4) is 0 Å². The van der Waals surface area contributed by atoms with Gasteiger partial charge < -0.3 is 15.4 Å². The van der Waals surface area contributed by atoms with Crippen LogP contribution < -0.4 is 10.6 Å². The zero-order chi connectivity index (χ0) is 18.8. The number of amides is 2. The van der Waals surface area contributed by atoms with Gasteiger partial charge in [-0.3, -0.25) is 14.6 Å². The van der Waals surface area contributed by atoms with Gasteiger partial charge in [0.2, 0.25) is 11.8 Å². The third-order valence-corrected chi connectivity index (χ3v) is 4.81. The molecule has 0 saturated carbocycles. The molecule has 4 rings (SSSR count). The Morgan fingerprint density at radius 3 is 2.41 bits per heavy atom. The van der Waals surface area contributed by atoms with E-state index < -0.39 is 24.0 Å². The molecule has 4 unspecified atom stereocenters. The van der Waals surface area contributed by atoms with Gasteiger partial charge in [-0.25, -0.2) is 4.39 Å². The van der Waals surface area contributed by atoms with Gasteiger partial charge in [-0.1, -0.05) is 18.2 Å². The Morgan fingerprint density at radius 1 is 1.04 bits per heavy atom. The highest BCUT2D eigenvalue weighted by molar-refractivity contribution is 5.97. The van der Waals surface area contributed by atoms with E-state index in [1.54, 1.807) is 18.5 Å². The third-order valence-electron chi connectivity index (χ3n) is 4.81. The minimum Gasteiger partial charge on any atom is -0.365 e. The first kappa shape index (κ1) is 17.4. The fourth-order valence-electron chi connectivity index (χ4n) is 3.50. The van der Waals surface area contributed by atoms with Crippen LogP contribution in [0.5, 0.6) is 0 Å². The van der Waals surface area contributed by atoms with Crippen LogP contribution in [0, 0.1) is 17.7 Å². The smallest absolute Gasteiger partial charge is 0.231 e. The Bertz CT molecular complexity index is 870. The highest BCUT2D eigenvalue weighted by atomic mass is 19.1. The standard InChI is InChI=1S/C20H18FN3O3/c21-13-3-5-14(6-4-13)24-20(26)18-16-8-7-15(27-16)17(18)19(25)23-11-12-2-1-9-22-10-12/h1-10,15-18H,11H2,(H,23,25)(H,24,26). The lowest BCUT2D eigenvalue weighted by Crippen LogP contribution is -2.44. The number of halogens is 1. The molecule has 2 bridgehead atoms. The van der Waals surface area contributed by atoms with Gasteiger partial charge in [-0.2, -0.15) is 0 Å². The summed E-state index contributed by atoms with van der Waals surface area (Å²) in [4.78, 5) is 29.5. The number of hydrogen-bond acceptors (Lipinski definition) is 4. The zero-order valence-electron chi connectivity index (χ0n) is 14.3. The number of hydrogen-bond donors (Lipinski definition) is 2. The number of nitrogens with zero attached hydrogens (tertiary/aromatic N) is 1. The molecule has 1 fully saturated rings. The maximum Gasteiger partial charge on any atom is 0.231 e. The van der Waals surface area contributed by atoms with Gasteiger partial charge in [-0.05, 0) is 35.9 Å². The molecule has 2 aliphatic heterocycles. The normalized spacial score (nSPS) is 25.4. The monoisotopic (exact) mass is 367 g/mol. The van der Waals surface area contributed by atoms with Crippen LogP contribution in [0.2, 0.25) is 0 Å². The molecule has 0 radical (unpaired) electrons. The molecule has 7 heteroatoms. The maximum absolute atomic E-state index is 13.0. The number of fused-ring (bicyclic) bond motifs is 2. The summed E-state index contributed by atoms with van der Waals surface area (Å²) in [7, 11) is 0. The second kappa shape index (κ2) is 7.28. The number of nitrogens with one attached hydrogen (secondary N) is 2. The predicted molar refractivity (Wildman–Crippen MR) is 95.9 cm³/mol. The number of benzene rings is 1. The molecular weight excluding hydrogens is 349 g/mol. The van der Waals surface area contributed by atoms with Crippen molar-refractivity contribution in [2.75, 3.05) is 5.32 Å². The van der Waals surface area contributed by atoms with E-state index >= 15 is 0 Å². The molecule has 1 saturated heterocycles.